The van der Waals surface area contributed by atoms with Crippen molar-refractivity contribution in [1.82, 2.24) is 10.2 Å². The Morgan fingerprint density at radius 1 is 1.16 bits per heavy atom. The Morgan fingerprint density at radius 2 is 1.88 bits per heavy atom. The van der Waals surface area contributed by atoms with Crippen molar-refractivity contribution < 1.29 is 0 Å². The van der Waals surface area contributed by atoms with Gasteiger partial charge in [0.2, 0.25) is 0 Å². The molecule has 2 atom stereocenters. The molecule has 3 nitrogen and oxygen atoms in total. The molecule has 2 aromatic rings. The number of hydrogen-bond donors (Lipinski definition) is 2. The summed E-state index contributed by atoms with van der Waals surface area (Å²) in [6.45, 7) is 1.10. The molecular formula is C19H22ClN3S2. The standard InChI is InChI=1S/C19H22ClN3S2/c20-13-3-5-14(6-4-13)21-19(24)22-15-10-16-7-8-17(11-15)23(16)12-18-2-1-9-25-18/h1-6,9,15-17H,7-8,10-12H2,(H2,21,22,24). The fourth-order valence-corrected chi connectivity index (χ4v) is 5.24. The molecule has 2 aliphatic heterocycles. The Labute approximate surface area is 163 Å². The fraction of sp³-hybridized carbons (Fsp3) is 0.421. The molecule has 1 aromatic heterocycles. The topological polar surface area (TPSA) is 27.3 Å². The van der Waals surface area contributed by atoms with Crippen molar-refractivity contribution in [2.45, 2.75) is 50.4 Å². The van der Waals surface area contributed by atoms with Crippen LogP contribution in [0, 0.1) is 0 Å². The summed E-state index contributed by atoms with van der Waals surface area (Å²) in [4.78, 5) is 4.18. The summed E-state index contributed by atoms with van der Waals surface area (Å²) in [5.74, 6) is 0. The largest absolute Gasteiger partial charge is 0.360 e. The third kappa shape index (κ3) is 4.17. The number of hydrogen-bond acceptors (Lipinski definition) is 3. The Kier molecular flexibility index (Phi) is 5.27. The van der Waals surface area contributed by atoms with E-state index in [0.29, 0.717) is 23.2 Å². The first-order valence-electron chi connectivity index (χ1n) is 8.78. The third-order valence-corrected chi connectivity index (χ3v) is 6.57. The first-order chi connectivity index (χ1) is 12.2. The molecule has 0 saturated carbocycles. The molecule has 4 rings (SSSR count). The summed E-state index contributed by atoms with van der Waals surface area (Å²) in [6, 6.07) is 13.9. The molecule has 0 spiro atoms. The SMILES string of the molecule is S=C(Nc1ccc(Cl)cc1)NC1CC2CCC(C1)N2Cc1cccs1. The number of halogens is 1. The summed E-state index contributed by atoms with van der Waals surface area (Å²) in [6.07, 6.45) is 4.96. The summed E-state index contributed by atoms with van der Waals surface area (Å²) >= 11 is 13.3. The summed E-state index contributed by atoms with van der Waals surface area (Å²) in [7, 11) is 0. The third-order valence-electron chi connectivity index (χ3n) is 5.24. The Morgan fingerprint density at radius 3 is 2.52 bits per heavy atom. The summed E-state index contributed by atoms with van der Waals surface area (Å²) in [5.41, 5.74) is 0.972. The molecule has 2 fully saturated rings. The van der Waals surface area contributed by atoms with Crippen LogP contribution in [0.1, 0.15) is 30.6 Å². The van der Waals surface area contributed by atoms with E-state index in [1.807, 2.05) is 35.6 Å². The minimum absolute atomic E-state index is 0.462. The van der Waals surface area contributed by atoms with Crippen LogP contribution in [0.3, 0.4) is 0 Å². The molecule has 2 bridgehead atoms. The quantitative estimate of drug-likeness (QED) is 0.726. The number of benzene rings is 1. The van der Waals surface area contributed by atoms with Crippen molar-refractivity contribution in [3.63, 3.8) is 0 Å². The van der Waals surface area contributed by atoms with Crippen LogP contribution in [0.5, 0.6) is 0 Å². The molecule has 1 aromatic carbocycles. The zero-order chi connectivity index (χ0) is 17.2. The van der Waals surface area contributed by atoms with Gasteiger partial charge in [0.25, 0.3) is 0 Å². The zero-order valence-electron chi connectivity index (χ0n) is 14.0. The van der Waals surface area contributed by atoms with E-state index < -0.39 is 0 Å². The van der Waals surface area contributed by atoms with Gasteiger partial charge in [-0.2, -0.15) is 0 Å². The zero-order valence-corrected chi connectivity index (χ0v) is 16.3. The number of anilines is 1. The van der Waals surface area contributed by atoms with Crippen LogP contribution < -0.4 is 10.6 Å². The number of fused-ring (bicyclic) bond motifs is 2. The van der Waals surface area contributed by atoms with Crippen molar-refractivity contribution in [2.75, 3.05) is 5.32 Å². The molecule has 0 aliphatic carbocycles. The Bertz CT molecular complexity index is 703. The maximum Gasteiger partial charge on any atom is 0.170 e. The van der Waals surface area contributed by atoms with Gasteiger partial charge in [0.15, 0.2) is 5.11 Å². The smallest absolute Gasteiger partial charge is 0.170 e. The van der Waals surface area contributed by atoms with Gasteiger partial charge in [-0.05, 0) is 73.6 Å². The Hall–Kier alpha value is -1.14. The van der Waals surface area contributed by atoms with Gasteiger partial charge >= 0.3 is 0 Å². The lowest BCUT2D eigenvalue weighted by Gasteiger charge is -2.39. The van der Waals surface area contributed by atoms with Crippen molar-refractivity contribution in [3.05, 3.63) is 51.7 Å². The second kappa shape index (κ2) is 7.62. The van der Waals surface area contributed by atoms with Crippen molar-refractivity contribution >= 4 is 46.0 Å². The van der Waals surface area contributed by atoms with Crippen LogP contribution in [-0.4, -0.2) is 28.1 Å². The van der Waals surface area contributed by atoms with Crippen LogP contribution in [-0.2, 0) is 6.54 Å². The van der Waals surface area contributed by atoms with Crippen molar-refractivity contribution in [1.29, 1.82) is 0 Å². The van der Waals surface area contributed by atoms with Crippen molar-refractivity contribution in [3.8, 4) is 0 Å². The number of nitrogens with one attached hydrogen (secondary N) is 2. The monoisotopic (exact) mass is 391 g/mol. The second-order valence-corrected chi connectivity index (χ2v) is 8.79. The van der Waals surface area contributed by atoms with Crippen LogP contribution >= 0.6 is 35.2 Å². The molecular weight excluding hydrogens is 370 g/mol. The minimum atomic E-state index is 0.462. The molecule has 0 amide bonds. The highest BCUT2D eigenvalue weighted by Crippen LogP contribution is 2.37. The number of nitrogens with zero attached hydrogens (tertiary/aromatic N) is 1. The second-order valence-electron chi connectivity index (χ2n) is 6.91. The first-order valence-corrected chi connectivity index (χ1v) is 10.4. The maximum absolute atomic E-state index is 5.93. The van der Waals surface area contributed by atoms with E-state index in [9.17, 15) is 0 Å². The lowest BCUT2D eigenvalue weighted by atomic mass is 9.97. The predicted molar refractivity (Wildman–Crippen MR) is 111 cm³/mol. The van der Waals surface area contributed by atoms with Gasteiger partial charge in [-0.1, -0.05) is 17.7 Å². The molecule has 25 heavy (non-hydrogen) atoms. The predicted octanol–water partition coefficient (Wildman–Crippen LogP) is 4.88. The van der Waals surface area contributed by atoms with E-state index in [-0.39, 0.29) is 0 Å². The van der Waals surface area contributed by atoms with Crippen LogP contribution in [0.4, 0.5) is 5.69 Å². The van der Waals surface area contributed by atoms with Crippen molar-refractivity contribution in [2.24, 2.45) is 0 Å². The lowest BCUT2D eigenvalue weighted by molar-refractivity contribution is 0.116. The lowest BCUT2D eigenvalue weighted by Crippen LogP contribution is -2.50. The number of thiocarbonyl (C=S) groups is 1. The van der Waals surface area contributed by atoms with E-state index in [2.05, 4.69) is 33.0 Å². The van der Waals surface area contributed by atoms with Crippen LogP contribution in [0.25, 0.3) is 0 Å². The van der Waals surface area contributed by atoms with Gasteiger partial charge in [0, 0.05) is 40.3 Å². The first kappa shape index (κ1) is 17.3. The Balaban J connectivity index is 1.31. The van der Waals surface area contributed by atoms with E-state index in [1.54, 1.807) is 0 Å². The molecule has 3 heterocycles. The van der Waals surface area contributed by atoms with E-state index in [0.717, 1.165) is 17.3 Å². The van der Waals surface area contributed by atoms with Gasteiger partial charge in [-0.15, -0.1) is 11.3 Å². The molecule has 0 radical (unpaired) electrons. The maximum atomic E-state index is 5.93. The average molecular weight is 392 g/mol. The molecule has 2 N–H and O–H groups in total. The van der Waals surface area contributed by atoms with E-state index >= 15 is 0 Å². The fourth-order valence-electron chi connectivity index (χ4n) is 4.12. The minimum Gasteiger partial charge on any atom is -0.360 e. The van der Waals surface area contributed by atoms with E-state index in [1.165, 1.54) is 30.6 Å². The van der Waals surface area contributed by atoms with Gasteiger partial charge in [0.05, 0.1) is 0 Å². The van der Waals surface area contributed by atoms with Gasteiger partial charge in [-0.3, -0.25) is 4.90 Å². The van der Waals surface area contributed by atoms with Crippen LogP contribution in [0.15, 0.2) is 41.8 Å². The van der Waals surface area contributed by atoms with Gasteiger partial charge < -0.3 is 10.6 Å². The number of thiophene rings is 1. The average Bonchev–Trinajstić information content (AvgIpc) is 3.17. The summed E-state index contributed by atoms with van der Waals surface area (Å²) < 4.78 is 0. The van der Waals surface area contributed by atoms with Crippen LogP contribution in [0.2, 0.25) is 5.02 Å². The van der Waals surface area contributed by atoms with Gasteiger partial charge in [-0.25, -0.2) is 0 Å². The normalized spacial score (nSPS) is 25.7. The molecule has 2 unspecified atom stereocenters. The number of piperidine rings is 1. The summed E-state index contributed by atoms with van der Waals surface area (Å²) in [5, 5.41) is 10.4. The molecule has 2 aliphatic rings. The molecule has 6 heteroatoms. The van der Waals surface area contributed by atoms with Gasteiger partial charge in [0.1, 0.15) is 0 Å². The highest BCUT2D eigenvalue weighted by Gasteiger charge is 2.40. The molecule has 132 valence electrons. The number of rotatable bonds is 4. The highest BCUT2D eigenvalue weighted by molar-refractivity contribution is 7.80. The van der Waals surface area contributed by atoms with E-state index in [4.69, 9.17) is 23.8 Å². The highest BCUT2D eigenvalue weighted by atomic mass is 35.5. The molecule has 2 saturated heterocycles.